The molecule has 0 atom stereocenters. The number of methoxy groups -OCH3 is 1. The van der Waals surface area contributed by atoms with E-state index in [1.165, 1.54) is 5.56 Å². The van der Waals surface area contributed by atoms with Gasteiger partial charge in [-0.15, -0.1) is 0 Å². The van der Waals surface area contributed by atoms with Crippen molar-refractivity contribution in [1.82, 2.24) is 10.2 Å². The Balaban J connectivity index is 1.54. The van der Waals surface area contributed by atoms with Crippen LogP contribution >= 0.6 is 0 Å². The average molecular weight is 399 g/mol. The molecule has 1 heterocycles. The van der Waals surface area contributed by atoms with Crippen molar-refractivity contribution in [2.24, 2.45) is 0 Å². The van der Waals surface area contributed by atoms with Gasteiger partial charge in [0, 0.05) is 31.7 Å². The molecular formula is C23H30N2O4. The maximum atomic E-state index is 12.5. The first kappa shape index (κ1) is 21.1. The zero-order valence-electron chi connectivity index (χ0n) is 17.4. The van der Waals surface area contributed by atoms with Gasteiger partial charge < -0.3 is 19.5 Å². The monoisotopic (exact) mass is 398 g/mol. The third-order valence-electron chi connectivity index (χ3n) is 4.77. The van der Waals surface area contributed by atoms with Crippen molar-refractivity contribution in [2.45, 2.75) is 33.0 Å². The van der Waals surface area contributed by atoms with Crippen molar-refractivity contribution in [1.29, 1.82) is 0 Å². The van der Waals surface area contributed by atoms with E-state index in [4.69, 9.17) is 14.2 Å². The Kier molecular flexibility index (Phi) is 7.49. The van der Waals surface area contributed by atoms with Gasteiger partial charge >= 0.3 is 0 Å². The smallest absolute Gasteiger partial charge is 0.251 e. The standard InChI is InChI=1S/C23H30N2O4/c1-17(2)29-21-9-8-20(14-22(21)27-3)23(26)24-15-18-4-6-19(7-5-18)16-25-10-12-28-13-11-25/h4-9,14,17H,10-13,15-16H2,1-3H3,(H,24,26). The fraction of sp³-hybridized carbons (Fsp3) is 0.435. The minimum absolute atomic E-state index is 0.0368. The highest BCUT2D eigenvalue weighted by Crippen LogP contribution is 2.29. The molecule has 2 aromatic carbocycles. The van der Waals surface area contributed by atoms with Crippen LogP contribution in [0.5, 0.6) is 11.5 Å². The number of amides is 1. The highest BCUT2D eigenvalue weighted by molar-refractivity contribution is 5.94. The number of carbonyl (C=O) groups excluding carboxylic acids is 1. The van der Waals surface area contributed by atoms with Gasteiger partial charge in [-0.3, -0.25) is 9.69 Å². The number of nitrogens with zero attached hydrogens (tertiary/aromatic N) is 1. The van der Waals surface area contributed by atoms with E-state index in [1.807, 2.05) is 13.8 Å². The van der Waals surface area contributed by atoms with E-state index in [9.17, 15) is 4.79 Å². The molecular weight excluding hydrogens is 368 g/mol. The topological polar surface area (TPSA) is 60.0 Å². The van der Waals surface area contributed by atoms with Crippen molar-refractivity contribution in [2.75, 3.05) is 33.4 Å². The van der Waals surface area contributed by atoms with Crippen molar-refractivity contribution in [3.05, 3.63) is 59.2 Å². The van der Waals surface area contributed by atoms with E-state index in [1.54, 1.807) is 25.3 Å². The summed E-state index contributed by atoms with van der Waals surface area (Å²) in [5.74, 6) is 1.05. The Hall–Kier alpha value is -2.57. The maximum absolute atomic E-state index is 12.5. The summed E-state index contributed by atoms with van der Waals surface area (Å²) in [4.78, 5) is 14.9. The predicted molar refractivity (Wildman–Crippen MR) is 112 cm³/mol. The van der Waals surface area contributed by atoms with E-state index >= 15 is 0 Å². The van der Waals surface area contributed by atoms with E-state index in [0.717, 1.165) is 38.4 Å². The molecule has 0 spiro atoms. The summed E-state index contributed by atoms with van der Waals surface area (Å²) in [6, 6.07) is 13.6. The van der Waals surface area contributed by atoms with Crippen LogP contribution in [0.15, 0.2) is 42.5 Å². The number of hydrogen-bond acceptors (Lipinski definition) is 5. The third kappa shape index (κ3) is 6.21. The molecule has 0 radical (unpaired) electrons. The van der Waals surface area contributed by atoms with Crippen molar-refractivity contribution >= 4 is 5.91 Å². The Bertz CT molecular complexity index is 799. The highest BCUT2D eigenvalue weighted by atomic mass is 16.5. The van der Waals surface area contributed by atoms with Crippen LogP contribution in [0.4, 0.5) is 0 Å². The Morgan fingerprint density at radius 1 is 1.07 bits per heavy atom. The van der Waals surface area contributed by atoms with Gasteiger partial charge in [-0.2, -0.15) is 0 Å². The molecule has 0 saturated carbocycles. The van der Waals surface area contributed by atoms with Crippen LogP contribution in [0, 0.1) is 0 Å². The van der Waals surface area contributed by atoms with Gasteiger partial charge in [0.2, 0.25) is 0 Å². The minimum atomic E-state index is -0.142. The molecule has 1 amide bonds. The van der Waals surface area contributed by atoms with Crippen LogP contribution in [-0.4, -0.2) is 50.3 Å². The molecule has 3 rings (SSSR count). The fourth-order valence-corrected chi connectivity index (χ4v) is 3.22. The molecule has 2 aromatic rings. The molecule has 29 heavy (non-hydrogen) atoms. The molecule has 6 heteroatoms. The third-order valence-corrected chi connectivity index (χ3v) is 4.77. The lowest BCUT2D eigenvalue weighted by Crippen LogP contribution is -2.35. The maximum Gasteiger partial charge on any atom is 0.251 e. The number of ether oxygens (including phenoxy) is 3. The van der Waals surface area contributed by atoms with Gasteiger partial charge in [0.25, 0.3) is 5.91 Å². The lowest BCUT2D eigenvalue weighted by Gasteiger charge is -2.26. The lowest BCUT2D eigenvalue weighted by atomic mass is 10.1. The number of carbonyl (C=O) groups is 1. The molecule has 0 aliphatic carbocycles. The fourth-order valence-electron chi connectivity index (χ4n) is 3.22. The van der Waals surface area contributed by atoms with Crippen LogP contribution in [0.3, 0.4) is 0 Å². The first-order valence-electron chi connectivity index (χ1n) is 10.1. The molecule has 1 fully saturated rings. The first-order chi connectivity index (χ1) is 14.0. The van der Waals surface area contributed by atoms with Crippen molar-refractivity contribution in [3.63, 3.8) is 0 Å². The summed E-state index contributed by atoms with van der Waals surface area (Å²) < 4.78 is 16.4. The van der Waals surface area contributed by atoms with Crippen LogP contribution in [0.1, 0.15) is 35.3 Å². The summed E-state index contributed by atoms with van der Waals surface area (Å²) in [6.45, 7) is 8.87. The number of hydrogen-bond donors (Lipinski definition) is 1. The Labute approximate surface area is 172 Å². The number of morpholine rings is 1. The van der Waals surface area contributed by atoms with E-state index in [-0.39, 0.29) is 12.0 Å². The number of rotatable bonds is 8. The first-order valence-corrected chi connectivity index (χ1v) is 10.1. The second-order valence-corrected chi connectivity index (χ2v) is 7.42. The molecule has 1 aliphatic heterocycles. The molecule has 0 bridgehead atoms. The zero-order valence-corrected chi connectivity index (χ0v) is 17.4. The lowest BCUT2D eigenvalue weighted by molar-refractivity contribution is 0.0342. The molecule has 1 saturated heterocycles. The Morgan fingerprint density at radius 3 is 2.41 bits per heavy atom. The van der Waals surface area contributed by atoms with Gasteiger partial charge in [0.1, 0.15) is 0 Å². The summed E-state index contributed by atoms with van der Waals surface area (Å²) in [6.07, 6.45) is 0.0368. The van der Waals surface area contributed by atoms with Crippen LogP contribution in [0.2, 0.25) is 0 Å². The SMILES string of the molecule is COc1cc(C(=O)NCc2ccc(CN3CCOCC3)cc2)ccc1OC(C)C. The van der Waals surface area contributed by atoms with Gasteiger partial charge in [-0.1, -0.05) is 24.3 Å². The summed E-state index contributed by atoms with van der Waals surface area (Å²) in [7, 11) is 1.57. The number of benzene rings is 2. The van der Waals surface area contributed by atoms with E-state index < -0.39 is 0 Å². The summed E-state index contributed by atoms with van der Waals surface area (Å²) in [5.41, 5.74) is 2.88. The van der Waals surface area contributed by atoms with Crippen molar-refractivity contribution in [3.8, 4) is 11.5 Å². The van der Waals surface area contributed by atoms with E-state index in [0.29, 0.717) is 23.6 Å². The number of nitrogens with one attached hydrogen (secondary N) is 1. The molecule has 6 nitrogen and oxygen atoms in total. The van der Waals surface area contributed by atoms with Gasteiger partial charge in [0.05, 0.1) is 26.4 Å². The summed E-state index contributed by atoms with van der Waals surface area (Å²) >= 11 is 0. The van der Waals surface area contributed by atoms with Crippen LogP contribution in [-0.2, 0) is 17.8 Å². The molecule has 1 aliphatic rings. The van der Waals surface area contributed by atoms with Crippen LogP contribution in [0.25, 0.3) is 0 Å². The predicted octanol–water partition coefficient (Wildman–Crippen LogP) is 3.24. The average Bonchev–Trinajstić information content (AvgIpc) is 2.73. The van der Waals surface area contributed by atoms with E-state index in [2.05, 4.69) is 34.5 Å². The second kappa shape index (κ2) is 10.3. The molecule has 0 aromatic heterocycles. The quantitative estimate of drug-likeness (QED) is 0.740. The normalized spacial score (nSPS) is 14.6. The van der Waals surface area contributed by atoms with Gasteiger partial charge in [-0.05, 0) is 43.2 Å². The zero-order chi connectivity index (χ0) is 20.6. The Morgan fingerprint density at radius 2 is 1.76 bits per heavy atom. The molecule has 1 N–H and O–H groups in total. The van der Waals surface area contributed by atoms with Gasteiger partial charge in [-0.25, -0.2) is 0 Å². The molecule has 0 unspecified atom stereocenters. The minimum Gasteiger partial charge on any atom is -0.493 e. The highest BCUT2D eigenvalue weighted by Gasteiger charge is 2.13. The van der Waals surface area contributed by atoms with Crippen molar-refractivity contribution < 1.29 is 19.0 Å². The van der Waals surface area contributed by atoms with Crippen LogP contribution < -0.4 is 14.8 Å². The molecule has 156 valence electrons. The second-order valence-electron chi connectivity index (χ2n) is 7.42. The largest absolute Gasteiger partial charge is 0.493 e. The van der Waals surface area contributed by atoms with Gasteiger partial charge in [0.15, 0.2) is 11.5 Å². The summed E-state index contributed by atoms with van der Waals surface area (Å²) in [5, 5.41) is 2.97.